The molecule has 6 aromatic rings. The summed E-state index contributed by atoms with van der Waals surface area (Å²) in [5, 5.41) is 8.26. The van der Waals surface area contributed by atoms with Crippen LogP contribution >= 0.6 is 0 Å². The molecule has 5 aromatic carbocycles. The summed E-state index contributed by atoms with van der Waals surface area (Å²) in [6.07, 6.45) is 1.50. The summed E-state index contributed by atoms with van der Waals surface area (Å²) >= 11 is 0. The summed E-state index contributed by atoms with van der Waals surface area (Å²) in [5.74, 6) is 2.00. The Kier molecular flexibility index (Phi) is 13.0. The Morgan fingerprint density at radius 3 is 1.70 bits per heavy atom. The van der Waals surface area contributed by atoms with Crippen molar-refractivity contribution in [2.24, 2.45) is 0 Å². The second-order valence-electron chi connectivity index (χ2n) is 14.0. The maximum absolute atomic E-state index is 12.8. The third-order valence-electron chi connectivity index (χ3n) is 9.65. The molecule has 0 aliphatic rings. The Labute approximate surface area is 329 Å². The highest BCUT2D eigenvalue weighted by molar-refractivity contribution is 6.00. The molecule has 0 fully saturated rings. The number of amides is 3. The summed E-state index contributed by atoms with van der Waals surface area (Å²) in [7, 11) is 4.74. The number of aromatic nitrogens is 1. The van der Waals surface area contributed by atoms with E-state index in [1.165, 1.54) is 29.9 Å². The maximum atomic E-state index is 12.8. The van der Waals surface area contributed by atoms with Gasteiger partial charge in [0.15, 0.2) is 0 Å². The number of nitrogens with one attached hydrogen (secondary N) is 3. The van der Waals surface area contributed by atoms with Gasteiger partial charge >= 0.3 is 6.03 Å². The fourth-order valence-corrected chi connectivity index (χ4v) is 6.11. The molecule has 0 bridgehead atoms. The van der Waals surface area contributed by atoms with Crippen molar-refractivity contribution in [2.75, 3.05) is 37.6 Å². The molecule has 3 amide bonds. The lowest BCUT2D eigenvalue weighted by atomic mass is 9.78. The number of nitrogens with zero attached hydrogens (tertiary/aromatic N) is 1. The summed E-state index contributed by atoms with van der Waals surface area (Å²) in [4.78, 5) is 28.6. The minimum Gasteiger partial charge on any atom is -0.495 e. The number of methoxy groups -OCH3 is 2. The topological polar surface area (TPSA) is 137 Å². The number of carbonyl (C=O) groups is 2. The molecule has 0 saturated heterocycles. The molecule has 10 nitrogen and oxygen atoms in total. The number of ether oxygens (including phenoxy) is 3. The minimum atomic E-state index is -0.406. The molecule has 0 saturated carbocycles. The third-order valence-corrected chi connectivity index (χ3v) is 9.65. The highest BCUT2D eigenvalue weighted by Crippen LogP contribution is 2.37. The van der Waals surface area contributed by atoms with E-state index < -0.39 is 6.03 Å². The van der Waals surface area contributed by atoms with Gasteiger partial charge in [0.25, 0.3) is 5.91 Å². The van der Waals surface area contributed by atoms with E-state index in [1.54, 1.807) is 50.6 Å². The van der Waals surface area contributed by atoms with Gasteiger partial charge in [-0.25, -0.2) is 4.79 Å². The van der Waals surface area contributed by atoms with Crippen LogP contribution in [0.3, 0.4) is 0 Å². The predicted molar refractivity (Wildman–Crippen MR) is 224 cm³/mol. The van der Waals surface area contributed by atoms with Gasteiger partial charge in [-0.3, -0.25) is 9.78 Å². The minimum absolute atomic E-state index is 0.0678. The van der Waals surface area contributed by atoms with Crippen LogP contribution in [0.4, 0.5) is 21.9 Å². The van der Waals surface area contributed by atoms with Gasteiger partial charge in [-0.1, -0.05) is 100 Å². The van der Waals surface area contributed by atoms with Crippen LogP contribution in [0.5, 0.6) is 23.0 Å². The first-order chi connectivity index (χ1) is 26.8. The molecule has 1 heterocycles. The number of hydrogen-bond donors (Lipinski definition) is 4. The molecule has 0 aliphatic heterocycles. The zero-order chi connectivity index (χ0) is 40.3. The average Bonchev–Trinajstić information content (AvgIpc) is 3.22. The Morgan fingerprint density at radius 1 is 0.607 bits per heavy atom. The van der Waals surface area contributed by atoms with E-state index in [2.05, 4.69) is 91.1 Å². The zero-order valence-electron chi connectivity index (χ0n) is 32.8. The summed E-state index contributed by atoms with van der Waals surface area (Å²) in [6.45, 7) is 8.68. The number of rotatable bonds is 11. The van der Waals surface area contributed by atoms with Crippen LogP contribution in [-0.4, -0.2) is 38.2 Å². The summed E-state index contributed by atoms with van der Waals surface area (Å²) < 4.78 is 16.5. The number of urea groups is 1. The molecule has 56 heavy (non-hydrogen) atoms. The second-order valence-corrected chi connectivity index (χ2v) is 14.0. The quantitative estimate of drug-likeness (QED) is 0.0968. The van der Waals surface area contributed by atoms with Crippen molar-refractivity contribution >= 4 is 29.0 Å². The monoisotopic (exact) mass is 751 g/mol. The van der Waals surface area contributed by atoms with Crippen LogP contribution in [-0.2, 0) is 10.8 Å². The molecule has 5 N–H and O–H groups in total. The predicted octanol–water partition coefficient (Wildman–Crippen LogP) is 9.82. The van der Waals surface area contributed by atoms with Crippen molar-refractivity contribution < 1.29 is 23.8 Å². The van der Waals surface area contributed by atoms with Crippen molar-refractivity contribution in [3.63, 3.8) is 0 Å². The van der Waals surface area contributed by atoms with E-state index in [9.17, 15) is 9.59 Å². The Hall–Kier alpha value is -6.81. The van der Waals surface area contributed by atoms with E-state index in [0.717, 1.165) is 11.3 Å². The van der Waals surface area contributed by atoms with Gasteiger partial charge in [-0.15, -0.1) is 0 Å². The fourth-order valence-electron chi connectivity index (χ4n) is 6.11. The molecule has 6 rings (SSSR count). The molecule has 10 heteroatoms. The van der Waals surface area contributed by atoms with Gasteiger partial charge < -0.3 is 35.9 Å². The van der Waals surface area contributed by atoms with Crippen LogP contribution in [0.2, 0.25) is 0 Å². The molecule has 0 aliphatic carbocycles. The largest absolute Gasteiger partial charge is 0.495 e. The fraction of sp³-hybridized carbons (Fsp3) is 0.196. The van der Waals surface area contributed by atoms with Crippen LogP contribution in [0.25, 0.3) is 0 Å². The van der Waals surface area contributed by atoms with Crippen LogP contribution in [0.1, 0.15) is 60.4 Å². The van der Waals surface area contributed by atoms with Crippen molar-refractivity contribution in [1.29, 1.82) is 0 Å². The Bertz CT molecular complexity index is 2240. The van der Waals surface area contributed by atoms with Crippen molar-refractivity contribution in [3.8, 4) is 23.0 Å². The van der Waals surface area contributed by atoms with Crippen molar-refractivity contribution in [3.05, 3.63) is 168 Å². The van der Waals surface area contributed by atoms with Gasteiger partial charge in [-0.05, 0) is 76.9 Å². The molecule has 0 radical (unpaired) electrons. The SMILES string of the molecule is CNC(=O)c1cc(Oc2ccc(NC(=O)Nc3cc(C(C)(C)c4ccccc4)ccc3OC)cc2)ccn1.COc1ccc(C(C)(C)c2ccccc2)cc1N. The first-order valence-corrected chi connectivity index (χ1v) is 18.1. The van der Waals surface area contributed by atoms with Gasteiger partial charge in [-0.2, -0.15) is 0 Å². The molecular formula is C46H49N5O5. The standard InChI is InChI=1S/C30H30N4O4.C16H19NO/c1-30(2,20-8-6-5-7-9-20)21-10-15-27(37-4)25(18-21)34-29(36)33-22-11-13-23(14-12-22)38-24-16-17-32-26(19-24)28(35)31-3;1-16(2,12-7-5-4-6-8-12)13-9-10-15(18-3)14(17)11-13/h5-19H,1-4H3,(H,31,35)(H2,33,34,36);4-11H,17H2,1-3H3. The van der Waals surface area contributed by atoms with Crippen molar-refractivity contribution in [1.82, 2.24) is 10.3 Å². The molecular weight excluding hydrogens is 703 g/mol. The van der Waals surface area contributed by atoms with E-state index >= 15 is 0 Å². The molecule has 0 unspecified atom stereocenters. The van der Waals surface area contributed by atoms with Gasteiger partial charge in [0, 0.05) is 35.8 Å². The highest BCUT2D eigenvalue weighted by Gasteiger charge is 2.25. The number of anilines is 3. The Morgan fingerprint density at radius 2 is 1.16 bits per heavy atom. The number of nitrogen functional groups attached to an aromatic ring is 1. The maximum Gasteiger partial charge on any atom is 0.323 e. The molecule has 0 spiro atoms. The van der Waals surface area contributed by atoms with E-state index in [1.807, 2.05) is 54.6 Å². The number of carbonyl (C=O) groups excluding carboxylic acids is 2. The van der Waals surface area contributed by atoms with Gasteiger partial charge in [0.2, 0.25) is 0 Å². The lowest BCUT2D eigenvalue weighted by Crippen LogP contribution is -2.22. The first kappa shape index (κ1) is 40.4. The normalized spacial score (nSPS) is 11.0. The number of benzene rings is 5. The lowest BCUT2D eigenvalue weighted by Gasteiger charge is -2.27. The summed E-state index contributed by atoms with van der Waals surface area (Å²) in [6, 6.07) is 42.1. The lowest BCUT2D eigenvalue weighted by molar-refractivity contribution is 0.0957. The second kappa shape index (κ2) is 18.0. The average molecular weight is 752 g/mol. The number of nitrogens with two attached hydrogens (primary N) is 1. The molecule has 0 atom stereocenters. The number of pyridine rings is 1. The van der Waals surface area contributed by atoms with E-state index in [-0.39, 0.29) is 22.4 Å². The highest BCUT2D eigenvalue weighted by atomic mass is 16.5. The Balaban J connectivity index is 0.000000278. The first-order valence-electron chi connectivity index (χ1n) is 18.1. The van der Waals surface area contributed by atoms with Crippen LogP contribution in [0.15, 0.2) is 140 Å². The van der Waals surface area contributed by atoms with Crippen LogP contribution < -0.4 is 35.9 Å². The summed E-state index contributed by atoms with van der Waals surface area (Å²) in [5.41, 5.74) is 12.4. The van der Waals surface area contributed by atoms with Gasteiger partial charge in [0.05, 0.1) is 25.6 Å². The smallest absolute Gasteiger partial charge is 0.323 e. The molecule has 1 aromatic heterocycles. The zero-order valence-corrected chi connectivity index (χ0v) is 32.8. The third kappa shape index (κ3) is 9.83. The van der Waals surface area contributed by atoms with Crippen molar-refractivity contribution in [2.45, 2.75) is 38.5 Å². The number of hydrogen-bond acceptors (Lipinski definition) is 7. The van der Waals surface area contributed by atoms with Crippen LogP contribution in [0, 0.1) is 0 Å². The van der Waals surface area contributed by atoms with E-state index in [4.69, 9.17) is 19.9 Å². The molecule has 288 valence electrons. The van der Waals surface area contributed by atoms with Gasteiger partial charge in [0.1, 0.15) is 28.7 Å². The van der Waals surface area contributed by atoms with E-state index in [0.29, 0.717) is 34.3 Å².